The van der Waals surface area contributed by atoms with E-state index in [9.17, 15) is 14.4 Å². The van der Waals surface area contributed by atoms with E-state index in [1.807, 2.05) is 19.1 Å². The number of rotatable bonds is 8. The summed E-state index contributed by atoms with van der Waals surface area (Å²) in [6.07, 6.45) is -0.149. The van der Waals surface area contributed by atoms with Gasteiger partial charge in [-0.3, -0.25) is 14.4 Å². The minimum atomic E-state index is -0.612. The highest BCUT2D eigenvalue weighted by Crippen LogP contribution is 2.15. The van der Waals surface area contributed by atoms with E-state index in [2.05, 4.69) is 10.6 Å². The molecule has 0 bridgehead atoms. The van der Waals surface area contributed by atoms with Gasteiger partial charge in [0.1, 0.15) is 5.75 Å². The second-order valence-electron chi connectivity index (χ2n) is 5.85. The van der Waals surface area contributed by atoms with Crippen molar-refractivity contribution in [1.82, 2.24) is 0 Å². The SMILES string of the molecule is COc1ccc(NC(=O)CCC(=O)OCC(=O)Nc2ccc(C)cc2)cc1. The van der Waals surface area contributed by atoms with Gasteiger partial charge in [-0.2, -0.15) is 0 Å². The predicted molar refractivity (Wildman–Crippen MR) is 102 cm³/mol. The molecule has 0 aliphatic carbocycles. The van der Waals surface area contributed by atoms with Crippen molar-refractivity contribution in [3.05, 3.63) is 54.1 Å². The number of ether oxygens (including phenoxy) is 2. The minimum absolute atomic E-state index is 0.0373. The standard InChI is InChI=1S/C20H22N2O5/c1-14-3-5-15(6-4-14)22-19(24)13-27-20(25)12-11-18(23)21-16-7-9-17(26-2)10-8-16/h3-10H,11-13H2,1-2H3,(H,21,23)(H,22,24). The van der Waals surface area contributed by atoms with E-state index in [4.69, 9.17) is 9.47 Å². The molecule has 0 unspecified atom stereocenters. The van der Waals surface area contributed by atoms with Crippen molar-refractivity contribution in [2.45, 2.75) is 19.8 Å². The second kappa shape index (κ2) is 9.96. The van der Waals surface area contributed by atoms with E-state index >= 15 is 0 Å². The molecule has 0 saturated heterocycles. The van der Waals surface area contributed by atoms with Crippen molar-refractivity contribution >= 4 is 29.2 Å². The van der Waals surface area contributed by atoms with Crippen molar-refractivity contribution in [3.63, 3.8) is 0 Å². The molecule has 0 aromatic heterocycles. The van der Waals surface area contributed by atoms with Crippen molar-refractivity contribution in [2.75, 3.05) is 24.4 Å². The topological polar surface area (TPSA) is 93.7 Å². The van der Waals surface area contributed by atoms with Gasteiger partial charge in [-0.1, -0.05) is 17.7 Å². The lowest BCUT2D eigenvalue weighted by molar-refractivity contribution is -0.147. The lowest BCUT2D eigenvalue weighted by atomic mass is 10.2. The number of benzene rings is 2. The predicted octanol–water partition coefficient (Wildman–Crippen LogP) is 2.90. The maximum Gasteiger partial charge on any atom is 0.306 e. The largest absolute Gasteiger partial charge is 0.497 e. The Morgan fingerprint density at radius 3 is 1.96 bits per heavy atom. The fourth-order valence-corrected chi connectivity index (χ4v) is 2.17. The molecule has 0 aliphatic rings. The van der Waals surface area contributed by atoms with E-state index < -0.39 is 18.5 Å². The third kappa shape index (κ3) is 7.19. The molecular formula is C20H22N2O5. The van der Waals surface area contributed by atoms with Crippen molar-refractivity contribution in [3.8, 4) is 5.75 Å². The Morgan fingerprint density at radius 1 is 0.815 bits per heavy atom. The van der Waals surface area contributed by atoms with Crippen LogP contribution in [0.15, 0.2) is 48.5 Å². The summed E-state index contributed by atoms with van der Waals surface area (Å²) in [5, 5.41) is 5.29. The average molecular weight is 370 g/mol. The van der Waals surface area contributed by atoms with Gasteiger partial charge in [0.15, 0.2) is 6.61 Å². The first-order chi connectivity index (χ1) is 13.0. The highest BCUT2D eigenvalue weighted by Gasteiger charge is 2.11. The molecule has 142 valence electrons. The summed E-state index contributed by atoms with van der Waals surface area (Å²) in [6, 6.07) is 14.1. The van der Waals surface area contributed by atoms with Gasteiger partial charge in [0, 0.05) is 17.8 Å². The summed E-state index contributed by atoms with van der Waals surface area (Å²) < 4.78 is 9.92. The number of hydrogen-bond acceptors (Lipinski definition) is 5. The molecule has 0 spiro atoms. The average Bonchev–Trinajstić information content (AvgIpc) is 2.67. The normalized spacial score (nSPS) is 10.0. The third-order valence-electron chi connectivity index (χ3n) is 3.63. The molecule has 2 rings (SSSR count). The van der Waals surface area contributed by atoms with Gasteiger partial charge < -0.3 is 20.1 Å². The van der Waals surface area contributed by atoms with E-state index in [0.29, 0.717) is 17.1 Å². The Bertz CT molecular complexity index is 785. The van der Waals surface area contributed by atoms with Crippen LogP contribution in [0.4, 0.5) is 11.4 Å². The lowest BCUT2D eigenvalue weighted by Crippen LogP contribution is -2.21. The van der Waals surface area contributed by atoms with Crippen LogP contribution < -0.4 is 15.4 Å². The molecule has 0 radical (unpaired) electrons. The number of amides is 2. The zero-order valence-corrected chi connectivity index (χ0v) is 15.3. The number of esters is 1. The summed E-state index contributed by atoms with van der Waals surface area (Å²) in [4.78, 5) is 35.3. The van der Waals surface area contributed by atoms with Gasteiger partial charge in [-0.05, 0) is 43.3 Å². The van der Waals surface area contributed by atoms with E-state index in [1.54, 1.807) is 43.5 Å². The molecule has 7 nitrogen and oxygen atoms in total. The molecule has 0 aliphatic heterocycles. The van der Waals surface area contributed by atoms with Gasteiger partial charge in [0.05, 0.1) is 13.5 Å². The van der Waals surface area contributed by atoms with Gasteiger partial charge in [0.2, 0.25) is 5.91 Å². The third-order valence-corrected chi connectivity index (χ3v) is 3.63. The molecule has 0 saturated carbocycles. The van der Waals surface area contributed by atoms with Gasteiger partial charge in [-0.25, -0.2) is 0 Å². The Morgan fingerprint density at radius 2 is 1.37 bits per heavy atom. The Balaban J connectivity index is 1.66. The number of nitrogens with one attached hydrogen (secondary N) is 2. The number of methoxy groups -OCH3 is 1. The summed E-state index contributed by atoms with van der Waals surface area (Å²) in [6.45, 7) is 1.55. The van der Waals surface area contributed by atoms with Gasteiger partial charge in [0.25, 0.3) is 5.91 Å². The number of carbonyl (C=O) groups is 3. The summed E-state index contributed by atoms with van der Waals surface area (Å²) >= 11 is 0. The molecule has 2 N–H and O–H groups in total. The van der Waals surface area contributed by atoms with Crippen molar-refractivity contribution in [1.29, 1.82) is 0 Å². The smallest absolute Gasteiger partial charge is 0.306 e. The molecule has 2 aromatic carbocycles. The number of hydrogen-bond donors (Lipinski definition) is 2. The van der Waals surface area contributed by atoms with Crippen molar-refractivity contribution in [2.24, 2.45) is 0 Å². The van der Waals surface area contributed by atoms with Crippen LogP contribution in [0.1, 0.15) is 18.4 Å². The van der Waals surface area contributed by atoms with Crippen LogP contribution in [-0.2, 0) is 19.1 Å². The van der Waals surface area contributed by atoms with Crippen LogP contribution in [-0.4, -0.2) is 31.5 Å². The first-order valence-corrected chi connectivity index (χ1v) is 8.42. The van der Waals surface area contributed by atoms with Crippen LogP contribution in [0.25, 0.3) is 0 Å². The van der Waals surface area contributed by atoms with Gasteiger partial charge in [-0.15, -0.1) is 0 Å². The van der Waals surface area contributed by atoms with Crippen LogP contribution in [0, 0.1) is 6.92 Å². The summed E-state index contributed by atoms with van der Waals surface area (Å²) in [5.74, 6) is -0.685. The van der Waals surface area contributed by atoms with E-state index in [-0.39, 0.29) is 18.7 Å². The van der Waals surface area contributed by atoms with Crippen LogP contribution in [0.3, 0.4) is 0 Å². The van der Waals surface area contributed by atoms with E-state index in [0.717, 1.165) is 5.56 Å². The summed E-state index contributed by atoms with van der Waals surface area (Å²) in [5.41, 5.74) is 2.31. The van der Waals surface area contributed by atoms with Crippen LogP contribution in [0.2, 0.25) is 0 Å². The zero-order valence-electron chi connectivity index (χ0n) is 15.3. The molecular weight excluding hydrogens is 348 g/mol. The highest BCUT2D eigenvalue weighted by molar-refractivity contribution is 5.94. The highest BCUT2D eigenvalue weighted by atomic mass is 16.5. The van der Waals surface area contributed by atoms with E-state index in [1.165, 1.54) is 0 Å². The molecule has 27 heavy (non-hydrogen) atoms. The first kappa shape index (κ1) is 20.0. The molecule has 0 heterocycles. The number of carbonyl (C=O) groups excluding carboxylic acids is 3. The Hall–Kier alpha value is -3.35. The number of aryl methyl sites for hydroxylation is 1. The quantitative estimate of drug-likeness (QED) is 0.697. The van der Waals surface area contributed by atoms with Crippen LogP contribution in [0.5, 0.6) is 5.75 Å². The summed E-state index contributed by atoms with van der Waals surface area (Å²) in [7, 11) is 1.56. The number of anilines is 2. The van der Waals surface area contributed by atoms with Crippen molar-refractivity contribution < 1.29 is 23.9 Å². The monoisotopic (exact) mass is 370 g/mol. The van der Waals surface area contributed by atoms with Crippen LogP contribution >= 0.6 is 0 Å². The molecule has 2 amide bonds. The Labute approximate surface area is 157 Å². The first-order valence-electron chi connectivity index (χ1n) is 8.42. The molecule has 0 fully saturated rings. The fourth-order valence-electron chi connectivity index (χ4n) is 2.17. The maximum absolute atomic E-state index is 11.8. The van der Waals surface area contributed by atoms with Gasteiger partial charge >= 0.3 is 5.97 Å². The maximum atomic E-state index is 11.8. The Kier molecular flexibility index (Phi) is 7.37. The molecule has 7 heteroatoms. The molecule has 0 atom stereocenters. The lowest BCUT2D eigenvalue weighted by Gasteiger charge is -2.08. The fraction of sp³-hybridized carbons (Fsp3) is 0.250. The minimum Gasteiger partial charge on any atom is -0.497 e. The zero-order chi connectivity index (χ0) is 19.6. The second-order valence-corrected chi connectivity index (χ2v) is 5.85. The molecule has 2 aromatic rings.